The average molecular weight is 373 g/mol. The molecule has 5 nitrogen and oxygen atoms in total. The molecule has 1 saturated carbocycles. The molecule has 2 amide bonds. The van der Waals surface area contributed by atoms with E-state index in [0.29, 0.717) is 13.0 Å². The van der Waals surface area contributed by atoms with Gasteiger partial charge in [-0.15, -0.1) is 0 Å². The van der Waals surface area contributed by atoms with Gasteiger partial charge in [0.15, 0.2) is 0 Å². The summed E-state index contributed by atoms with van der Waals surface area (Å²) in [6, 6.07) is 8.92. The number of likely N-dealkylation sites (tertiary alicyclic amines) is 1. The van der Waals surface area contributed by atoms with Crippen LogP contribution >= 0.6 is 0 Å². The quantitative estimate of drug-likeness (QED) is 0.806. The maximum atomic E-state index is 13.3. The van der Waals surface area contributed by atoms with Crippen molar-refractivity contribution in [3.63, 3.8) is 0 Å². The van der Waals surface area contributed by atoms with Crippen LogP contribution in [-0.4, -0.2) is 40.0 Å². The minimum atomic E-state index is -1.06. The molecule has 1 aromatic rings. The number of amides is 2. The summed E-state index contributed by atoms with van der Waals surface area (Å²) in [5, 5.41) is 14.2. The minimum Gasteiger partial charge on any atom is -0.388 e. The molecule has 2 aliphatic rings. The molecule has 27 heavy (non-hydrogen) atoms. The van der Waals surface area contributed by atoms with Crippen molar-refractivity contribution in [2.75, 3.05) is 6.54 Å². The van der Waals surface area contributed by atoms with Gasteiger partial charge in [0.05, 0.1) is 17.7 Å². The molecule has 0 unspecified atom stereocenters. The summed E-state index contributed by atoms with van der Waals surface area (Å²) in [7, 11) is 0. The van der Waals surface area contributed by atoms with Crippen LogP contribution in [0.25, 0.3) is 0 Å². The van der Waals surface area contributed by atoms with Gasteiger partial charge in [0.25, 0.3) is 0 Å². The third-order valence-electron chi connectivity index (χ3n) is 6.19. The van der Waals surface area contributed by atoms with E-state index in [1.54, 1.807) is 6.92 Å². The summed E-state index contributed by atoms with van der Waals surface area (Å²) in [5.41, 5.74) is -0.103. The number of piperidine rings is 1. The molecule has 148 valence electrons. The molecule has 3 atom stereocenters. The number of aliphatic hydroxyl groups is 1. The first-order chi connectivity index (χ1) is 12.9. The Kier molecular flexibility index (Phi) is 5.89. The van der Waals surface area contributed by atoms with E-state index >= 15 is 0 Å². The fraction of sp³-hybridized carbons (Fsp3) is 0.636. The van der Waals surface area contributed by atoms with Crippen LogP contribution in [0.15, 0.2) is 30.3 Å². The SMILES string of the molecule is CCC(CC)C(=O)N1CC[C@@](C)(O)[C@@H](NC(=O)C2CC2)[C@@H]1c1ccccc1. The molecule has 1 aliphatic carbocycles. The van der Waals surface area contributed by atoms with Gasteiger partial charge in [-0.25, -0.2) is 0 Å². The Balaban J connectivity index is 1.97. The monoisotopic (exact) mass is 372 g/mol. The predicted octanol–water partition coefficient (Wildman–Crippen LogP) is 3.04. The fourth-order valence-electron chi connectivity index (χ4n) is 4.15. The van der Waals surface area contributed by atoms with Crippen molar-refractivity contribution in [1.29, 1.82) is 0 Å². The molecule has 5 heteroatoms. The molecule has 2 fully saturated rings. The van der Waals surface area contributed by atoms with Crippen molar-refractivity contribution in [2.24, 2.45) is 11.8 Å². The van der Waals surface area contributed by atoms with Gasteiger partial charge in [-0.2, -0.15) is 0 Å². The number of nitrogens with zero attached hydrogens (tertiary/aromatic N) is 1. The maximum Gasteiger partial charge on any atom is 0.226 e. The summed E-state index contributed by atoms with van der Waals surface area (Å²) in [5.74, 6) is 0.148. The summed E-state index contributed by atoms with van der Waals surface area (Å²) in [4.78, 5) is 27.7. The van der Waals surface area contributed by atoms with Crippen LogP contribution in [0.5, 0.6) is 0 Å². The van der Waals surface area contributed by atoms with E-state index in [-0.39, 0.29) is 29.7 Å². The number of carbonyl (C=O) groups is 2. The highest BCUT2D eigenvalue weighted by Crippen LogP contribution is 2.39. The highest BCUT2D eigenvalue weighted by molar-refractivity contribution is 5.82. The second-order valence-corrected chi connectivity index (χ2v) is 8.27. The maximum absolute atomic E-state index is 13.3. The standard InChI is InChI=1S/C22H32N2O3/c1-4-15(5-2)21(26)24-14-13-22(3,27)19(23-20(25)17-11-12-17)18(24)16-9-7-6-8-10-16/h6-10,15,17-19,27H,4-5,11-14H2,1-3H3,(H,23,25)/t18-,19-,22+/m0/s1. The third kappa shape index (κ3) is 4.18. The van der Waals surface area contributed by atoms with E-state index in [9.17, 15) is 14.7 Å². The first kappa shape index (κ1) is 19.9. The third-order valence-corrected chi connectivity index (χ3v) is 6.19. The van der Waals surface area contributed by atoms with Crippen molar-refractivity contribution < 1.29 is 14.7 Å². The number of rotatable bonds is 6. The van der Waals surface area contributed by atoms with Crippen molar-refractivity contribution in [3.8, 4) is 0 Å². The van der Waals surface area contributed by atoms with Crippen LogP contribution in [0.2, 0.25) is 0 Å². The van der Waals surface area contributed by atoms with Gasteiger partial charge in [0.2, 0.25) is 11.8 Å². The van der Waals surface area contributed by atoms with Gasteiger partial charge in [-0.3, -0.25) is 9.59 Å². The second kappa shape index (κ2) is 8.01. The number of hydrogen-bond donors (Lipinski definition) is 2. The first-order valence-electron chi connectivity index (χ1n) is 10.3. The van der Waals surface area contributed by atoms with Gasteiger partial charge in [0, 0.05) is 18.4 Å². The van der Waals surface area contributed by atoms with Crippen LogP contribution in [0.4, 0.5) is 0 Å². The Morgan fingerprint density at radius 1 is 1.22 bits per heavy atom. The van der Waals surface area contributed by atoms with Gasteiger partial charge >= 0.3 is 0 Å². The lowest BCUT2D eigenvalue weighted by Gasteiger charge is -2.50. The van der Waals surface area contributed by atoms with Crippen LogP contribution in [0, 0.1) is 11.8 Å². The van der Waals surface area contributed by atoms with Crippen LogP contribution < -0.4 is 5.32 Å². The van der Waals surface area contributed by atoms with E-state index < -0.39 is 11.6 Å². The zero-order valence-corrected chi connectivity index (χ0v) is 16.6. The molecule has 3 rings (SSSR count). The summed E-state index contributed by atoms with van der Waals surface area (Å²) in [6.07, 6.45) is 3.86. The van der Waals surface area contributed by atoms with E-state index in [1.807, 2.05) is 49.1 Å². The molecular formula is C22H32N2O3. The Bertz CT molecular complexity index is 665. The number of benzene rings is 1. The Hall–Kier alpha value is -1.88. The highest BCUT2D eigenvalue weighted by Gasteiger charge is 2.49. The number of hydrogen-bond acceptors (Lipinski definition) is 3. The number of nitrogens with one attached hydrogen (secondary N) is 1. The predicted molar refractivity (Wildman–Crippen MR) is 105 cm³/mol. The minimum absolute atomic E-state index is 0.00182. The van der Waals surface area contributed by atoms with Gasteiger partial charge in [-0.1, -0.05) is 44.2 Å². The van der Waals surface area contributed by atoms with E-state index in [4.69, 9.17) is 0 Å². The fourth-order valence-corrected chi connectivity index (χ4v) is 4.15. The van der Waals surface area contributed by atoms with E-state index in [2.05, 4.69) is 5.32 Å². The topological polar surface area (TPSA) is 69.6 Å². The smallest absolute Gasteiger partial charge is 0.226 e. The summed E-state index contributed by atoms with van der Waals surface area (Å²) >= 11 is 0. The summed E-state index contributed by atoms with van der Waals surface area (Å²) in [6.45, 7) is 6.35. The number of carbonyl (C=O) groups excluding carboxylic acids is 2. The van der Waals surface area contributed by atoms with Crippen LogP contribution in [0.3, 0.4) is 0 Å². The lowest BCUT2D eigenvalue weighted by Crippen LogP contribution is -2.64. The molecule has 0 spiro atoms. The van der Waals surface area contributed by atoms with Crippen molar-refractivity contribution in [3.05, 3.63) is 35.9 Å². The van der Waals surface area contributed by atoms with Gasteiger partial charge in [-0.05, 0) is 44.6 Å². The van der Waals surface area contributed by atoms with Gasteiger partial charge < -0.3 is 15.3 Å². The molecule has 0 aromatic heterocycles. The second-order valence-electron chi connectivity index (χ2n) is 8.27. The normalized spacial score (nSPS) is 28.3. The van der Waals surface area contributed by atoms with Crippen LogP contribution in [-0.2, 0) is 9.59 Å². The molecule has 1 heterocycles. The Morgan fingerprint density at radius 3 is 2.41 bits per heavy atom. The Morgan fingerprint density at radius 2 is 1.85 bits per heavy atom. The average Bonchev–Trinajstić information content (AvgIpc) is 3.50. The van der Waals surface area contributed by atoms with E-state index in [0.717, 1.165) is 31.2 Å². The Labute approximate surface area is 162 Å². The molecular weight excluding hydrogens is 340 g/mol. The molecule has 1 aliphatic heterocycles. The van der Waals surface area contributed by atoms with Crippen LogP contribution in [0.1, 0.15) is 64.5 Å². The zero-order valence-electron chi connectivity index (χ0n) is 16.6. The van der Waals surface area contributed by atoms with Crippen molar-refractivity contribution >= 4 is 11.8 Å². The van der Waals surface area contributed by atoms with E-state index in [1.165, 1.54) is 0 Å². The van der Waals surface area contributed by atoms with Gasteiger partial charge in [0.1, 0.15) is 0 Å². The first-order valence-corrected chi connectivity index (χ1v) is 10.3. The van der Waals surface area contributed by atoms with Crippen molar-refractivity contribution in [1.82, 2.24) is 10.2 Å². The summed E-state index contributed by atoms with van der Waals surface area (Å²) < 4.78 is 0. The lowest BCUT2D eigenvalue weighted by atomic mass is 9.78. The molecule has 2 N–H and O–H groups in total. The largest absolute Gasteiger partial charge is 0.388 e. The molecule has 0 bridgehead atoms. The molecule has 0 radical (unpaired) electrons. The lowest BCUT2D eigenvalue weighted by molar-refractivity contribution is -0.150. The highest BCUT2D eigenvalue weighted by atomic mass is 16.3. The van der Waals surface area contributed by atoms with Crippen molar-refractivity contribution in [2.45, 2.75) is 70.6 Å². The zero-order chi connectivity index (χ0) is 19.6. The molecule has 1 aromatic carbocycles. The molecule has 1 saturated heterocycles.